The summed E-state index contributed by atoms with van der Waals surface area (Å²) in [4.78, 5) is 12.4. The zero-order valence-electron chi connectivity index (χ0n) is 13.3. The molecule has 0 radical (unpaired) electrons. The van der Waals surface area contributed by atoms with E-state index in [4.69, 9.17) is 9.47 Å². The highest BCUT2D eigenvalue weighted by Gasteiger charge is 2.33. The molecule has 1 aliphatic rings. The molecule has 6 heteroatoms. The van der Waals surface area contributed by atoms with E-state index >= 15 is 0 Å². The third kappa shape index (κ3) is 4.50. The third-order valence-corrected chi connectivity index (χ3v) is 5.55. The largest absolute Gasteiger partial charge is 0.469 e. The van der Waals surface area contributed by atoms with Gasteiger partial charge in [-0.1, -0.05) is 30.3 Å². The molecular weight excluding hydrogens is 316 g/mol. The molecule has 126 valence electrons. The SMILES string of the molecule is COC(=O)[C@H]1CCC([S@@](=O)C[C@@H](O)c2ccccc2)=C[C@@H]1OC. The van der Waals surface area contributed by atoms with Gasteiger partial charge in [-0.25, -0.2) is 0 Å². The first-order valence-electron chi connectivity index (χ1n) is 7.49. The second kappa shape index (κ2) is 8.38. The Balaban J connectivity index is 2.05. The summed E-state index contributed by atoms with van der Waals surface area (Å²) in [5, 5.41) is 10.2. The van der Waals surface area contributed by atoms with E-state index < -0.39 is 23.0 Å². The van der Waals surface area contributed by atoms with Crippen molar-refractivity contribution in [3.05, 3.63) is 46.9 Å². The molecule has 1 aromatic rings. The van der Waals surface area contributed by atoms with Crippen molar-refractivity contribution in [1.82, 2.24) is 0 Å². The summed E-state index contributed by atoms with van der Waals surface area (Å²) >= 11 is 0. The van der Waals surface area contributed by atoms with Crippen LogP contribution in [0.15, 0.2) is 41.3 Å². The van der Waals surface area contributed by atoms with E-state index in [0.717, 1.165) is 5.56 Å². The van der Waals surface area contributed by atoms with Crippen LogP contribution in [0.3, 0.4) is 0 Å². The Bertz CT molecular complexity index is 584. The number of carbonyl (C=O) groups is 1. The fraction of sp³-hybridized carbons (Fsp3) is 0.471. The number of carbonyl (C=O) groups excluding carboxylic acids is 1. The van der Waals surface area contributed by atoms with Crippen LogP contribution in [0, 0.1) is 5.92 Å². The van der Waals surface area contributed by atoms with Crippen molar-refractivity contribution in [3.8, 4) is 0 Å². The second-order valence-electron chi connectivity index (χ2n) is 5.44. The lowest BCUT2D eigenvalue weighted by molar-refractivity contribution is -0.149. The molecule has 1 N–H and O–H groups in total. The van der Waals surface area contributed by atoms with E-state index in [2.05, 4.69) is 0 Å². The number of esters is 1. The van der Waals surface area contributed by atoms with Crippen LogP contribution in [0.1, 0.15) is 24.5 Å². The van der Waals surface area contributed by atoms with Gasteiger partial charge >= 0.3 is 5.97 Å². The molecule has 0 unspecified atom stereocenters. The van der Waals surface area contributed by atoms with Gasteiger partial charge in [0, 0.05) is 12.0 Å². The van der Waals surface area contributed by atoms with Crippen molar-refractivity contribution < 1.29 is 23.6 Å². The van der Waals surface area contributed by atoms with Crippen molar-refractivity contribution >= 4 is 16.8 Å². The van der Waals surface area contributed by atoms with Crippen molar-refractivity contribution in [1.29, 1.82) is 0 Å². The van der Waals surface area contributed by atoms with Gasteiger partial charge in [0.05, 0.1) is 41.8 Å². The Morgan fingerprint density at radius 2 is 2.04 bits per heavy atom. The van der Waals surface area contributed by atoms with Gasteiger partial charge in [0.15, 0.2) is 0 Å². The summed E-state index contributed by atoms with van der Waals surface area (Å²) in [6, 6.07) is 9.16. The quantitative estimate of drug-likeness (QED) is 0.803. The lowest BCUT2D eigenvalue weighted by Gasteiger charge is -2.27. The van der Waals surface area contributed by atoms with Gasteiger partial charge in [-0.2, -0.15) is 0 Å². The van der Waals surface area contributed by atoms with Gasteiger partial charge < -0.3 is 14.6 Å². The maximum absolute atomic E-state index is 12.5. The maximum Gasteiger partial charge on any atom is 0.311 e. The Morgan fingerprint density at radius 1 is 1.35 bits per heavy atom. The molecule has 2 rings (SSSR count). The van der Waals surface area contributed by atoms with Crippen LogP contribution in [-0.2, 0) is 25.1 Å². The fourth-order valence-corrected chi connectivity index (χ4v) is 4.02. The molecule has 0 amide bonds. The third-order valence-electron chi connectivity index (χ3n) is 4.01. The van der Waals surface area contributed by atoms with Crippen molar-refractivity contribution in [3.63, 3.8) is 0 Å². The zero-order chi connectivity index (χ0) is 16.8. The van der Waals surface area contributed by atoms with Gasteiger partial charge in [0.25, 0.3) is 0 Å². The molecule has 0 heterocycles. The molecule has 0 saturated carbocycles. The average molecular weight is 338 g/mol. The molecule has 0 bridgehead atoms. The van der Waals surface area contributed by atoms with Crippen molar-refractivity contribution in [2.24, 2.45) is 5.92 Å². The first-order chi connectivity index (χ1) is 11.1. The number of allylic oxidation sites excluding steroid dienone is 1. The average Bonchev–Trinajstić information content (AvgIpc) is 2.61. The minimum Gasteiger partial charge on any atom is -0.469 e. The molecule has 0 aromatic heterocycles. The molecule has 5 nitrogen and oxygen atoms in total. The monoisotopic (exact) mass is 338 g/mol. The standard InChI is InChI=1S/C17H22O5S/c1-21-16-10-13(8-9-14(16)17(19)22-2)23(20)11-15(18)12-6-4-3-5-7-12/h3-7,10,14-16,18H,8-9,11H2,1-2H3/t14-,15+,16-,23-/m0/s1. The smallest absolute Gasteiger partial charge is 0.311 e. The lowest BCUT2D eigenvalue weighted by Crippen LogP contribution is -2.33. The number of hydrogen-bond acceptors (Lipinski definition) is 5. The van der Waals surface area contributed by atoms with Gasteiger partial charge in [-0.05, 0) is 24.5 Å². The summed E-state index contributed by atoms with van der Waals surface area (Å²) in [6.07, 6.45) is 1.58. The number of ether oxygens (including phenoxy) is 2. The predicted molar refractivity (Wildman–Crippen MR) is 88.0 cm³/mol. The lowest BCUT2D eigenvalue weighted by atomic mass is 9.91. The predicted octanol–water partition coefficient (Wildman–Crippen LogP) is 1.95. The van der Waals surface area contributed by atoms with Gasteiger partial charge in [0.1, 0.15) is 0 Å². The van der Waals surface area contributed by atoms with Crippen LogP contribution in [0.4, 0.5) is 0 Å². The van der Waals surface area contributed by atoms with E-state index in [1.54, 1.807) is 6.08 Å². The number of aliphatic hydroxyl groups is 1. The van der Waals surface area contributed by atoms with Gasteiger partial charge in [-0.15, -0.1) is 0 Å². The summed E-state index contributed by atoms with van der Waals surface area (Å²) in [7, 11) is 1.56. The van der Waals surface area contributed by atoms with Crippen LogP contribution < -0.4 is 0 Å². The van der Waals surface area contributed by atoms with E-state index in [0.29, 0.717) is 17.7 Å². The molecular formula is C17H22O5S. The summed E-state index contributed by atoms with van der Waals surface area (Å²) in [5.74, 6) is -0.554. The first-order valence-corrected chi connectivity index (χ1v) is 8.81. The van der Waals surface area contributed by atoms with Crippen molar-refractivity contribution in [2.75, 3.05) is 20.0 Å². The highest BCUT2D eigenvalue weighted by atomic mass is 32.2. The van der Waals surface area contributed by atoms with E-state index in [1.807, 2.05) is 30.3 Å². The second-order valence-corrected chi connectivity index (χ2v) is 6.99. The molecule has 0 saturated heterocycles. The molecule has 4 atom stereocenters. The normalized spacial score (nSPS) is 23.7. The number of hydrogen-bond donors (Lipinski definition) is 1. The van der Waals surface area contributed by atoms with E-state index in [-0.39, 0.29) is 17.6 Å². The maximum atomic E-state index is 12.5. The molecule has 0 aliphatic heterocycles. The van der Waals surface area contributed by atoms with Gasteiger partial charge in [0.2, 0.25) is 0 Å². The fourth-order valence-electron chi connectivity index (χ4n) is 2.69. The van der Waals surface area contributed by atoms with Crippen LogP contribution in [-0.4, -0.2) is 41.4 Å². The number of rotatable bonds is 6. The summed E-state index contributed by atoms with van der Waals surface area (Å²) < 4.78 is 22.6. The first kappa shape index (κ1) is 17.8. The van der Waals surface area contributed by atoms with Crippen LogP contribution >= 0.6 is 0 Å². The molecule has 1 aliphatic carbocycles. The minimum absolute atomic E-state index is 0.134. The summed E-state index contributed by atoms with van der Waals surface area (Å²) in [6.45, 7) is 0. The van der Waals surface area contributed by atoms with Crippen LogP contribution in [0.5, 0.6) is 0 Å². The highest BCUT2D eigenvalue weighted by Crippen LogP contribution is 2.29. The highest BCUT2D eigenvalue weighted by molar-refractivity contribution is 7.89. The number of methoxy groups -OCH3 is 2. The number of aliphatic hydroxyl groups excluding tert-OH is 1. The molecule has 23 heavy (non-hydrogen) atoms. The van der Waals surface area contributed by atoms with Crippen LogP contribution in [0.25, 0.3) is 0 Å². The Morgan fingerprint density at radius 3 is 2.65 bits per heavy atom. The number of benzene rings is 1. The minimum atomic E-state index is -1.31. The van der Waals surface area contributed by atoms with Crippen LogP contribution in [0.2, 0.25) is 0 Å². The Hall–Kier alpha value is -1.50. The van der Waals surface area contributed by atoms with E-state index in [1.165, 1.54) is 14.2 Å². The molecule has 0 fully saturated rings. The van der Waals surface area contributed by atoms with E-state index in [9.17, 15) is 14.1 Å². The topological polar surface area (TPSA) is 72.8 Å². The molecule has 1 aromatic carbocycles. The van der Waals surface area contributed by atoms with Gasteiger partial charge in [-0.3, -0.25) is 9.00 Å². The Labute approximate surface area is 138 Å². The van der Waals surface area contributed by atoms with Crippen molar-refractivity contribution in [2.45, 2.75) is 25.0 Å². The Kier molecular flexibility index (Phi) is 6.50. The summed E-state index contributed by atoms with van der Waals surface area (Å²) in [5.41, 5.74) is 0.744. The zero-order valence-corrected chi connectivity index (χ0v) is 14.1. The molecule has 0 spiro atoms.